The van der Waals surface area contributed by atoms with Gasteiger partial charge in [0.2, 0.25) is 0 Å². The molecule has 0 unspecified atom stereocenters. The Labute approximate surface area is 95.4 Å². The van der Waals surface area contributed by atoms with Gasteiger partial charge in [-0.25, -0.2) is 0 Å². The number of hydrogen-bond donors (Lipinski definition) is 1. The molecule has 15 heavy (non-hydrogen) atoms. The number of rotatable bonds is 2. The van der Waals surface area contributed by atoms with Gasteiger partial charge in [-0.1, -0.05) is 11.6 Å². The number of hydrogen-bond acceptors (Lipinski definition) is 2. The third-order valence-electron chi connectivity index (χ3n) is 2.92. The van der Waals surface area contributed by atoms with Crippen molar-refractivity contribution in [3.63, 3.8) is 0 Å². The molecule has 0 radical (unpaired) electrons. The Kier molecular flexibility index (Phi) is 3.06. The smallest absolute Gasteiger partial charge is 0.138 e. The van der Waals surface area contributed by atoms with Crippen LogP contribution in [0.1, 0.15) is 31.2 Å². The molecule has 3 heteroatoms. The summed E-state index contributed by atoms with van der Waals surface area (Å²) in [4.78, 5) is 0. The van der Waals surface area contributed by atoms with Gasteiger partial charge in [-0.15, -0.1) is 0 Å². The topological polar surface area (TPSA) is 35.2 Å². The van der Waals surface area contributed by atoms with Gasteiger partial charge in [0.05, 0.1) is 11.1 Å². The molecule has 1 fully saturated rings. The lowest BCUT2D eigenvalue weighted by Gasteiger charge is -2.15. The quantitative estimate of drug-likeness (QED) is 0.782. The molecule has 1 aromatic carbocycles. The number of anilines is 1. The van der Waals surface area contributed by atoms with Crippen LogP contribution in [0.2, 0.25) is 5.02 Å². The molecule has 82 valence electrons. The molecule has 2 rings (SSSR count). The van der Waals surface area contributed by atoms with Crippen LogP contribution in [0.25, 0.3) is 0 Å². The normalized spacial score (nSPS) is 16.9. The van der Waals surface area contributed by atoms with E-state index in [9.17, 15) is 0 Å². The minimum absolute atomic E-state index is 0.338. The average Bonchev–Trinajstić information content (AvgIpc) is 2.67. The van der Waals surface area contributed by atoms with Gasteiger partial charge in [-0.3, -0.25) is 0 Å². The number of benzene rings is 1. The highest BCUT2D eigenvalue weighted by Gasteiger charge is 2.18. The Balaban J connectivity index is 2.16. The summed E-state index contributed by atoms with van der Waals surface area (Å²) in [7, 11) is 0. The van der Waals surface area contributed by atoms with Crippen LogP contribution in [0, 0.1) is 6.92 Å². The lowest BCUT2D eigenvalue weighted by atomic mass is 10.2. The largest absolute Gasteiger partial charge is 0.489 e. The van der Waals surface area contributed by atoms with Crippen LogP contribution in [-0.2, 0) is 0 Å². The van der Waals surface area contributed by atoms with Crippen molar-refractivity contribution in [1.29, 1.82) is 0 Å². The van der Waals surface area contributed by atoms with E-state index in [1.807, 2.05) is 13.0 Å². The van der Waals surface area contributed by atoms with E-state index in [4.69, 9.17) is 22.1 Å². The van der Waals surface area contributed by atoms with E-state index in [2.05, 4.69) is 0 Å². The highest BCUT2D eigenvalue weighted by atomic mass is 35.5. The molecule has 0 amide bonds. The predicted molar refractivity (Wildman–Crippen MR) is 63.5 cm³/mol. The first-order chi connectivity index (χ1) is 7.16. The van der Waals surface area contributed by atoms with Gasteiger partial charge >= 0.3 is 0 Å². The molecule has 0 heterocycles. The van der Waals surface area contributed by atoms with Crippen LogP contribution in [0.4, 0.5) is 5.69 Å². The first-order valence-electron chi connectivity index (χ1n) is 5.39. The molecule has 1 saturated carbocycles. The van der Waals surface area contributed by atoms with E-state index in [1.165, 1.54) is 12.8 Å². The van der Waals surface area contributed by atoms with Gasteiger partial charge in [0, 0.05) is 5.69 Å². The SMILES string of the molecule is Cc1cc(OC2CCCC2)c(Cl)cc1N. The zero-order valence-corrected chi connectivity index (χ0v) is 9.68. The molecule has 0 aliphatic heterocycles. The highest BCUT2D eigenvalue weighted by Crippen LogP contribution is 2.32. The van der Waals surface area contributed by atoms with Crippen molar-refractivity contribution in [2.24, 2.45) is 0 Å². The van der Waals surface area contributed by atoms with Crippen molar-refractivity contribution in [3.8, 4) is 5.75 Å². The second kappa shape index (κ2) is 4.31. The molecule has 1 aliphatic rings. The van der Waals surface area contributed by atoms with E-state index in [0.29, 0.717) is 11.1 Å². The van der Waals surface area contributed by atoms with E-state index < -0.39 is 0 Å². The van der Waals surface area contributed by atoms with Crippen molar-refractivity contribution in [3.05, 3.63) is 22.7 Å². The number of halogens is 1. The molecule has 0 aromatic heterocycles. The molecule has 2 nitrogen and oxygen atoms in total. The summed E-state index contributed by atoms with van der Waals surface area (Å²) >= 11 is 6.07. The van der Waals surface area contributed by atoms with Gasteiger partial charge in [0.25, 0.3) is 0 Å². The van der Waals surface area contributed by atoms with E-state index in [1.54, 1.807) is 6.07 Å². The van der Waals surface area contributed by atoms with Crippen molar-refractivity contribution in [1.82, 2.24) is 0 Å². The Bertz CT molecular complexity index is 359. The maximum atomic E-state index is 6.07. The first-order valence-corrected chi connectivity index (χ1v) is 5.77. The third kappa shape index (κ3) is 2.37. The minimum Gasteiger partial charge on any atom is -0.489 e. The second-order valence-corrected chi connectivity index (χ2v) is 4.57. The van der Waals surface area contributed by atoms with Crippen LogP contribution in [0.15, 0.2) is 12.1 Å². The highest BCUT2D eigenvalue weighted by molar-refractivity contribution is 6.32. The van der Waals surface area contributed by atoms with Crippen LogP contribution in [0.3, 0.4) is 0 Å². The van der Waals surface area contributed by atoms with Gasteiger partial charge in [0.15, 0.2) is 0 Å². The summed E-state index contributed by atoms with van der Waals surface area (Å²) in [6, 6.07) is 3.69. The number of ether oxygens (including phenoxy) is 1. The van der Waals surface area contributed by atoms with Crippen LogP contribution < -0.4 is 10.5 Å². The van der Waals surface area contributed by atoms with Gasteiger partial charge in [-0.05, 0) is 50.3 Å². The molecule has 0 atom stereocenters. The predicted octanol–water partition coefficient (Wildman–Crippen LogP) is 3.55. The van der Waals surface area contributed by atoms with E-state index in [0.717, 1.165) is 29.8 Å². The monoisotopic (exact) mass is 225 g/mol. The number of nitrogen functional groups attached to an aromatic ring is 1. The van der Waals surface area contributed by atoms with Gasteiger partial charge in [-0.2, -0.15) is 0 Å². The second-order valence-electron chi connectivity index (χ2n) is 4.16. The third-order valence-corrected chi connectivity index (χ3v) is 3.21. The molecule has 1 aliphatic carbocycles. The Morgan fingerprint density at radius 1 is 1.33 bits per heavy atom. The molecule has 2 N–H and O–H groups in total. The Hall–Kier alpha value is -0.890. The maximum Gasteiger partial charge on any atom is 0.138 e. The Morgan fingerprint density at radius 2 is 2.00 bits per heavy atom. The van der Waals surface area contributed by atoms with Crippen LogP contribution in [-0.4, -0.2) is 6.10 Å². The fourth-order valence-corrected chi connectivity index (χ4v) is 2.16. The molecular weight excluding hydrogens is 210 g/mol. The molecule has 1 aromatic rings. The van der Waals surface area contributed by atoms with Crippen LogP contribution in [0.5, 0.6) is 5.75 Å². The lowest BCUT2D eigenvalue weighted by molar-refractivity contribution is 0.210. The van der Waals surface area contributed by atoms with Crippen molar-refractivity contribution >= 4 is 17.3 Å². The van der Waals surface area contributed by atoms with Crippen LogP contribution >= 0.6 is 11.6 Å². The maximum absolute atomic E-state index is 6.07. The van der Waals surface area contributed by atoms with Gasteiger partial charge in [0.1, 0.15) is 5.75 Å². The fraction of sp³-hybridized carbons (Fsp3) is 0.500. The van der Waals surface area contributed by atoms with E-state index in [-0.39, 0.29) is 0 Å². The molecular formula is C12H16ClNO. The van der Waals surface area contributed by atoms with Crippen molar-refractivity contribution < 1.29 is 4.74 Å². The average molecular weight is 226 g/mol. The summed E-state index contributed by atoms with van der Waals surface area (Å²) in [5.41, 5.74) is 7.50. The zero-order valence-electron chi connectivity index (χ0n) is 8.92. The standard InChI is InChI=1S/C12H16ClNO/c1-8-6-12(10(13)7-11(8)14)15-9-4-2-3-5-9/h6-7,9H,2-5,14H2,1H3. The number of aryl methyl sites for hydroxylation is 1. The van der Waals surface area contributed by atoms with Crippen molar-refractivity contribution in [2.75, 3.05) is 5.73 Å². The minimum atomic E-state index is 0.338. The number of nitrogens with two attached hydrogens (primary N) is 1. The summed E-state index contributed by atoms with van der Waals surface area (Å²) in [5, 5.41) is 0.616. The summed E-state index contributed by atoms with van der Waals surface area (Å²) in [6.45, 7) is 1.97. The summed E-state index contributed by atoms with van der Waals surface area (Å²) in [6.07, 6.45) is 5.14. The fourth-order valence-electron chi connectivity index (χ4n) is 1.95. The molecule has 0 bridgehead atoms. The Morgan fingerprint density at radius 3 is 2.67 bits per heavy atom. The zero-order chi connectivity index (χ0) is 10.8. The molecule has 0 spiro atoms. The summed E-state index contributed by atoms with van der Waals surface area (Å²) < 4.78 is 5.85. The van der Waals surface area contributed by atoms with E-state index >= 15 is 0 Å². The first kappa shape index (κ1) is 10.6. The van der Waals surface area contributed by atoms with Gasteiger partial charge < -0.3 is 10.5 Å². The summed E-state index contributed by atoms with van der Waals surface area (Å²) in [5.74, 6) is 0.773. The lowest BCUT2D eigenvalue weighted by Crippen LogP contribution is -2.11. The van der Waals surface area contributed by atoms with Crippen molar-refractivity contribution in [2.45, 2.75) is 38.7 Å². The molecule has 0 saturated heterocycles.